The van der Waals surface area contributed by atoms with Crippen LogP contribution < -0.4 is 5.32 Å². The second-order valence-corrected chi connectivity index (χ2v) is 2.84. The molecule has 12 heavy (non-hydrogen) atoms. The third-order valence-corrected chi connectivity index (χ3v) is 2.01. The van der Waals surface area contributed by atoms with Crippen LogP contribution in [-0.4, -0.2) is 22.5 Å². The zero-order chi connectivity index (χ0) is 9.14. The summed E-state index contributed by atoms with van der Waals surface area (Å²) in [5.41, 5.74) is 0.691. The summed E-state index contributed by atoms with van der Waals surface area (Å²) in [6, 6.07) is 0. The van der Waals surface area contributed by atoms with Crippen LogP contribution in [0.3, 0.4) is 0 Å². The Morgan fingerprint density at radius 3 is 2.92 bits per heavy atom. The van der Waals surface area contributed by atoms with Crippen LogP contribution in [0.5, 0.6) is 0 Å². The van der Waals surface area contributed by atoms with E-state index in [4.69, 9.17) is 11.6 Å². The van der Waals surface area contributed by atoms with Gasteiger partial charge in [-0.1, -0.05) is 0 Å². The molecule has 4 nitrogen and oxygen atoms in total. The largest absolute Gasteiger partial charge is 0.358 e. The number of carbonyl (C=O) groups is 1. The van der Waals surface area contributed by atoms with Crippen molar-refractivity contribution >= 4 is 17.5 Å². The van der Waals surface area contributed by atoms with Crippen molar-refractivity contribution in [2.24, 2.45) is 7.05 Å². The van der Waals surface area contributed by atoms with Crippen LogP contribution in [0, 0.1) is 0 Å². The zero-order valence-corrected chi connectivity index (χ0v) is 7.67. The lowest BCUT2D eigenvalue weighted by molar-refractivity contribution is -0.120. The first-order valence-corrected chi connectivity index (χ1v) is 3.92. The van der Waals surface area contributed by atoms with Gasteiger partial charge in [0.1, 0.15) is 0 Å². The molecule has 1 heterocycles. The molecule has 0 aliphatic rings. The Labute approximate surface area is 75.5 Å². The van der Waals surface area contributed by atoms with E-state index in [1.165, 1.54) is 0 Å². The highest BCUT2D eigenvalue weighted by atomic mass is 35.5. The fraction of sp³-hybridized carbons (Fsp3) is 0.429. The summed E-state index contributed by atoms with van der Waals surface area (Å²) in [5, 5.41) is 1.80. The van der Waals surface area contributed by atoms with Crippen molar-refractivity contribution < 1.29 is 4.79 Å². The molecule has 1 N–H and O–H groups in total. The number of aromatic nitrogens is 2. The van der Waals surface area contributed by atoms with Gasteiger partial charge in [0.05, 0.1) is 18.2 Å². The molecular weight excluding hydrogens is 178 g/mol. The Morgan fingerprint density at radius 2 is 2.50 bits per heavy atom. The van der Waals surface area contributed by atoms with E-state index in [-0.39, 0.29) is 5.91 Å². The van der Waals surface area contributed by atoms with E-state index in [1.807, 2.05) is 0 Å². The fourth-order valence-electron chi connectivity index (χ4n) is 0.873. The van der Waals surface area contributed by atoms with E-state index >= 15 is 0 Å². The van der Waals surface area contributed by atoms with Gasteiger partial charge in [-0.15, -0.1) is 11.6 Å². The molecule has 0 fully saturated rings. The molecule has 66 valence electrons. The topological polar surface area (TPSA) is 46.9 Å². The Kier molecular flexibility index (Phi) is 2.70. The third-order valence-electron chi connectivity index (χ3n) is 1.59. The van der Waals surface area contributed by atoms with Gasteiger partial charge in [-0.05, 0) is 0 Å². The van der Waals surface area contributed by atoms with Crippen molar-refractivity contribution in [3.05, 3.63) is 18.2 Å². The molecule has 0 aromatic carbocycles. The summed E-state index contributed by atoms with van der Waals surface area (Å²) in [6.07, 6.45) is 3.18. The number of amides is 1. The highest BCUT2D eigenvalue weighted by Gasteiger charge is 2.18. The average Bonchev–Trinajstić information content (AvgIpc) is 2.48. The van der Waals surface area contributed by atoms with Gasteiger partial charge < -0.3 is 9.88 Å². The highest BCUT2D eigenvalue weighted by molar-refractivity contribution is 6.30. The second kappa shape index (κ2) is 3.58. The van der Waals surface area contributed by atoms with Gasteiger partial charge in [-0.25, -0.2) is 4.98 Å². The Bertz CT molecular complexity index is 284. The SMILES string of the molecule is CNC(=O)C(Cl)c1cncn1C. The van der Waals surface area contributed by atoms with E-state index in [0.717, 1.165) is 0 Å². The Balaban J connectivity index is 2.84. The van der Waals surface area contributed by atoms with Gasteiger partial charge in [0.2, 0.25) is 5.91 Å². The minimum absolute atomic E-state index is 0.222. The molecule has 1 aromatic heterocycles. The van der Waals surface area contributed by atoms with Gasteiger partial charge in [0.15, 0.2) is 5.38 Å². The van der Waals surface area contributed by atoms with Crippen molar-refractivity contribution in [2.45, 2.75) is 5.38 Å². The molecule has 0 saturated heterocycles. The number of aryl methyl sites for hydroxylation is 1. The van der Waals surface area contributed by atoms with Gasteiger partial charge in [0, 0.05) is 14.1 Å². The summed E-state index contributed by atoms with van der Waals surface area (Å²) in [4.78, 5) is 14.9. The van der Waals surface area contributed by atoms with Gasteiger partial charge >= 0.3 is 0 Å². The molecule has 0 spiro atoms. The number of alkyl halides is 1. The van der Waals surface area contributed by atoms with Crippen molar-refractivity contribution in [3.63, 3.8) is 0 Å². The lowest BCUT2D eigenvalue weighted by Gasteiger charge is -2.07. The maximum absolute atomic E-state index is 11.1. The first kappa shape index (κ1) is 9.06. The first-order valence-electron chi connectivity index (χ1n) is 3.48. The van der Waals surface area contributed by atoms with E-state index in [2.05, 4.69) is 10.3 Å². The van der Waals surface area contributed by atoms with E-state index in [1.54, 1.807) is 31.2 Å². The fourth-order valence-corrected chi connectivity index (χ4v) is 1.19. The zero-order valence-electron chi connectivity index (χ0n) is 6.91. The summed E-state index contributed by atoms with van der Waals surface area (Å²) in [6.45, 7) is 0. The third kappa shape index (κ3) is 1.58. The van der Waals surface area contributed by atoms with Gasteiger partial charge in [0.25, 0.3) is 0 Å². The molecule has 5 heteroatoms. The average molecular weight is 188 g/mol. The molecule has 1 atom stereocenters. The number of imidazole rings is 1. The molecule has 0 aliphatic carbocycles. The molecule has 0 aliphatic heterocycles. The normalized spacial score (nSPS) is 12.6. The predicted molar refractivity (Wildman–Crippen MR) is 45.9 cm³/mol. The van der Waals surface area contributed by atoms with E-state index < -0.39 is 5.38 Å². The molecular formula is C7H10ClN3O. The Hall–Kier alpha value is -1.03. The molecule has 1 aromatic rings. The van der Waals surface area contributed by atoms with Crippen LogP contribution in [-0.2, 0) is 11.8 Å². The lowest BCUT2D eigenvalue weighted by Crippen LogP contribution is -2.23. The first-order chi connectivity index (χ1) is 5.66. The number of likely N-dealkylation sites (N-methyl/N-ethyl adjacent to an activating group) is 1. The van der Waals surface area contributed by atoms with Crippen molar-refractivity contribution in [3.8, 4) is 0 Å². The summed E-state index contributed by atoms with van der Waals surface area (Å²) in [5.74, 6) is -0.222. The minimum atomic E-state index is -0.664. The summed E-state index contributed by atoms with van der Waals surface area (Å²) < 4.78 is 1.72. The standard InChI is InChI=1S/C7H10ClN3O/c1-9-7(12)6(8)5-3-10-4-11(5)2/h3-4,6H,1-2H3,(H,9,12). The lowest BCUT2D eigenvalue weighted by atomic mass is 10.3. The number of hydrogen-bond acceptors (Lipinski definition) is 2. The van der Waals surface area contributed by atoms with Crippen LogP contribution in [0.1, 0.15) is 11.1 Å². The van der Waals surface area contributed by atoms with Crippen LogP contribution in [0.4, 0.5) is 0 Å². The number of hydrogen-bond donors (Lipinski definition) is 1. The predicted octanol–water partition coefficient (Wildman–Crippen LogP) is 0.446. The maximum Gasteiger partial charge on any atom is 0.243 e. The van der Waals surface area contributed by atoms with Crippen LogP contribution in [0.25, 0.3) is 0 Å². The number of nitrogens with zero attached hydrogens (tertiary/aromatic N) is 2. The quantitative estimate of drug-likeness (QED) is 0.684. The summed E-state index contributed by atoms with van der Waals surface area (Å²) >= 11 is 5.83. The second-order valence-electron chi connectivity index (χ2n) is 2.41. The number of rotatable bonds is 2. The molecule has 1 amide bonds. The van der Waals surface area contributed by atoms with Crippen LogP contribution >= 0.6 is 11.6 Å². The molecule has 0 radical (unpaired) electrons. The Morgan fingerprint density at radius 1 is 1.83 bits per heavy atom. The molecule has 1 rings (SSSR count). The van der Waals surface area contributed by atoms with E-state index in [0.29, 0.717) is 5.69 Å². The van der Waals surface area contributed by atoms with Crippen LogP contribution in [0.2, 0.25) is 0 Å². The summed E-state index contributed by atoms with van der Waals surface area (Å²) in [7, 11) is 3.34. The van der Waals surface area contributed by atoms with Gasteiger partial charge in [-0.2, -0.15) is 0 Å². The van der Waals surface area contributed by atoms with Gasteiger partial charge in [-0.3, -0.25) is 4.79 Å². The minimum Gasteiger partial charge on any atom is -0.358 e. The molecule has 1 unspecified atom stereocenters. The molecule has 0 saturated carbocycles. The van der Waals surface area contributed by atoms with Crippen molar-refractivity contribution in [1.29, 1.82) is 0 Å². The smallest absolute Gasteiger partial charge is 0.243 e. The van der Waals surface area contributed by atoms with Crippen molar-refractivity contribution in [1.82, 2.24) is 14.9 Å². The maximum atomic E-state index is 11.1. The monoisotopic (exact) mass is 187 g/mol. The number of carbonyl (C=O) groups excluding carboxylic acids is 1. The van der Waals surface area contributed by atoms with Crippen molar-refractivity contribution in [2.75, 3.05) is 7.05 Å². The highest BCUT2D eigenvalue weighted by Crippen LogP contribution is 2.18. The number of halogens is 1. The molecule has 0 bridgehead atoms. The van der Waals surface area contributed by atoms with Crippen LogP contribution in [0.15, 0.2) is 12.5 Å². The van der Waals surface area contributed by atoms with E-state index in [9.17, 15) is 4.79 Å². The number of nitrogens with one attached hydrogen (secondary N) is 1.